The molecule has 0 aliphatic heterocycles. The van der Waals surface area contributed by atoms with Crippen molar-refractivity contribution in [1.29, 1.82) is 0 Å². The van der Waals surface area contributed by atoms with Crippen LogP contribution in [0.25, 0.3) is 32.3 Å². The number of carbonyl (C=O) groups is 1. The molecule has 0 heterocycles. The minimum Gasteiger partial charge on any atom is -0.462 e. The minimum absolute atomic E-state index is 0.328. The number of hydrogen-bond donors (Lipinski definition) is 1. The van der Waals surface area contributed by atoms with E-state index in [1.54, 1.807) is 24.3 Å². The number of benzene rings is 7. The van der Waals surface area contributed by atoms with Crippen molar-refractivity contribution in [2.45, 2.75) is 52.5 Å². The maximum absolute atomic E-state index is 12.3. The summed E-state index contributed by atoms with van der Waals surface area (Å²) in [5, 5.41) is 37.3. The number of esters is 1. The van der Waals surface area contributed by atoms with Crippen LogP contribution in [0.15, 0.2) is 164 Å². The molecule has 0 aromatic heterocycles. The number of ether oxygens (including phenoxy) is 1. The van der Waals surface area contributed by atoms with Crippen molar-refractivity contribution in [2.75, 3.05) is 11.9 Å². The van der Waals surface area contributed by atoms with Gasteiger partial charge in [0.1, 0.15) is 0 Å². The quantitative estimate of drug-likeness (QED) is 0.0684. The molecule has 274 valence electrons. The fourth-order valence-corrected chi connectivity index (χ4v) is 6.34. The molecule has 1 N–H and O–H groups in total. The van der Waals surface area contributed by atoms with Crippen molar-refractivity contribution >= 4 is 78.1 Å². The van der Waals surface area contributed by atoms with Gasteiger partial charge in [0.05, 0.1) is 46.3 Å². The highest BCUT2D eigenvalue weighted by Gasteiger charge is 2.11. The first kappa shape index (κ1) is 36.7. The van der Waals surface area contributed by atoms with Gasteiger partial charge in [-0.1, -0.05) is 99.5 Å². The SMILES string of the molecule is CCCCCOC(=O)c1ccc(/N=N/c2ccc(/N=N/c3ccc(/N=N/c4ccc(NC(C)CC)c5ccccc45)c4ccccc34)c3ccccc23)cc1. The van der Waals surface area contributed by atoms with E-state index in [-0.39, 0.29) is 5.97 Å². The van der Waals surface area contributed by atoms with Crippen LogP contribution < -0.4 is 5.32 Å². The lowest BCUT2D eigenvalue weighted by Crippen LogP contribution is -2.13. The topological polar surface area (TPSA) is 112 Å². The van der Waals surface area contributed by atoms with Gasteiger partial charge in [-0.05, 0) is 80.4 Å². The number of azo groups is 3. The van der Waals surface area contributed by atoms with Crippen LogP contribution in [0.4, 0.5) is 39.8 Å². The number of rotatable bonds is 14. The summed E-state index contributed by atoms with van der Waals surface area (Å²) in [4.78, 5) is 12.3. The predicted octanol–water partition coefficient (Wildman–Crippen LogP) is 14.9. The maximum Gasteiger partial charge on any atom is 0.338 e. The second-order valence-electron chi connectivity index (χ2n) is 13.4. The molecule has 0 spiro atoms. The van der Waals surface area contributed by atoms with Gasteiger partial charge in [-0.3, -0.25) is 0 Å². The Morgan fingerprint density at radius 2 is 0.945 bits per heavy atom. The maximum atomic E-state index is 12.3. The second-order valence-corrected chi connectivity index (χ2v) is 13.4. The van der Waals surface area contributed by atoms with Crippen molar-refractivity contribution in [3.63, 3.8) is 0 Å². The molecule has 0 amide bonds. The summed E-state index contributed by atoms with van der Waals surface area (Å²) in [6.07, 6.45) is 4.02. The van der Waals surface area contributed by atoms with Crippen LogP contribution in [0.5, 0.6) is 0 Å². The Labute approximate surface area is 320 Å². The number of nitrogens with one attached hydrogen (secondary N) is 1. The Morgan fingerprint density at radius 1 is 0.527 bits per heavy atom. The molecule has 0 saturated heterocycles. The van der Waals surface area contributed by atoms with Crippen molar-refractivity contribution in [2.24, 2.45) is 30.7 Å². The summed E-state index contributed by atoms with van der Waals surface area (Å²) in [5.41, 5.74) is 5.90. The summed E-state index contributed by atoms with van der Waals surface area (Å²) in [7, 11) is 0. The van der Waals surface area contributed by atoms with Crippen molar-refractivity contribution in [1.82, 2.24) is 0 Å². The Bertz CT molecular complexity index is 2540. The average molecular weight is 726 g/mol. The first-order chi connectivity index (χ1) is 27.0. The van der Waals surface area contributed by atoms with Crippen LogP contribution in [0, 0.1) is 0 Å². The van der Waals surface area contributed by atoms with Gasteiger partial charge in [-0.2, -0.15) is 5.11 Å². The highest BCUT2D eigenvalue weighted by Crippen LogP contribution is 2.39. The number of unbranched alkanes of at least 4 members (excludes halogenated alkanes) is 2. The van der Waals surface area contributed by atoms with E-state index in [4.69, 9.17) is 25.2 Å². The molecule has 7 rings (SSSR count). The van der Waals surface area contributed by atoms with Crippen molar-refractivity contribution in [3.05, 3.63) is 139 Å². The summed E-state index contributed by atoms with van der Waals surface area (Å²) in [6.45, 7) is 6.90. The van der Waals surface area contributed by atoms with E-state index in [1.165, 1.54) is 0 Å². The third kappa shape index (κ3) is 8.63. The minimum atomic E-state index is -0.328. The molecule has 7 aromatic rings. The van der Waals surface area contributed by atoms with Gasteiger partial charge in [0.2, 0.25) is 0 Å². The van der Waals surface area contributed by atoms with Crippen LogP contribution in [0.3, 0.4) is 0 Å². The van der Waals surface area contributed by atoms with E-state index in [2.05, 4.69) is 54.5 Å². The number of fused-ring (bicyclic) bond motifs is 3. The molecule has 9 heteroatoms. The van der Waals surface area contributed by atoms with Crippen LogP contribution in [0.1, 0.15) is 56.8 Å². The van der Waals surface area contributed by atoms with E-state index < -0.39 is 0 Å². The lowest BCUT2D eigenvalue weighted by atomic mass is 10.1. The summed E-state index contributed by atoms with van der Waals surface area (Å²) < 4.78 is 5.36. The third-order valence-corrected chi connectivity index (χ3v) is 9.56. The molecular formula is C46H43N7O2. The molecular weight excluding hydrogens is 683 g/mol. The molecule has 7 aromatic carbocycles. The van der Waals surface area contributed by atoms with E-state index in [0.717, 1.165) is 80.8 Å². The fourth-order valence-electron chi connectivity index (χ4n) is 6.34. The molecule has 0 radical (unpaired) electrons. The largest absolute Gasteiger partial charge is 0.462 e. The summed E-state index contributed by atoms with van der Waals surface area (Å²) in [5.74, 6) is -0.328. The summed E-state index contributed by atoms with van der Waals surface area (Å²) >= 11 is 0. The van der Waals surface area contributed by atoms with E-state index in [1.807, 2.05) is 91.0 Å². The van der Waals surface area contributed by atoms with Gasteiger partial charge < -0.3 is 10.1 Å². The van der Waals surface area contributed by atoms with Crippen molar-refractivity contribution < 1.29 is 9.53 Å². The molecule has 55 heavy (non-hydrogen) atoms. The Kier molecular flexibility index (Phi) is 11.7. The standard InChI is InChI=1S/C46H43N7O2/c1-4-6-13-30-55-46(54)32-20-22-33(23-21-32)48-49-41-26-27-43(37-17-10-9-16-36(37)41)52-53-45-29-28-44(38-18-11-12-19-39(38)45)51-50-42-25-24-40(47-31(3)5-2)34-14-7-8-15-35(34)42/h7-12,14-29,31,47H,4-6,13,30H2,1-3H3/b49-48+,51-50+,53-52+. The van der Waals surface area contributed by atoms with Gasteiger partial charge in [-0.15, -0.1) is 25.6 Å². The molecule has 9 nitrogen and oxygen atoms in total. The lowest BCUT2D eigenvalue weighted by molar-refractivity contribution is 0.0498. The molecule has 1 atom stereocenters. The molecule has 1 unspecified atom stereocenters. The zero-order valence-electron chi connectivity index (χ0n) is 31.3. The molecule has 0 aliphatic rings. The van der Waals surface area contributed by atoms with Crippen molar-refractivity contribution in [3.8, 4) is 0 Å². The van der Waals surface area contributed by atoms with Gasteiger partial charge in [0, 0.05) is 44.0 Å². The number of hydrogen-bond acceptors (Lipinski definition) is 9. The fraction of sp³-hybridized carbons (Fsp3) is 0.196. The third-order valence-electron chi connectivity index (χ3n) is 9.56. The van der Waals surface area contributed by atoms with Crippen LogP contribution >= 0.6 is 0 Å². The monoisotopic (exact) mass is 725 g/mol. The predicted molar refractivity (Wildman–Crippen MR) is 224 cm³/mol. The van der Waals surface area contributed by atoms with E-state index in [9.17, 15) is 4.79 Å². The van der Waals surface area contributed by atoms with Gasteiger partial charge >= 0.3 is 5.97 Å². The summed E-state index contributed by atoms with van der Waals surface area (Å²) in [6, 6.07) is 43.3. The Hall–Kier alpha value is -6.61. The average Bonchev–Trinajstić information content (AvgIpc) is 3.23. The van der Waals surface area contributed by atoms with E-state index >= 15 is 0 Å². The van der Waals surface area contributed by atoms with Crippen LogP contribution in [0.2, 0.25) is 0 Å². The van der Waals surface area contributed by atoms with Gasteiger partial charge in [0.25, 0.3) is 0 Å². The normalized spacial score (nSPS) is 12.4. The lowest BCUT2D eigenvalue weighted by Gasteiger charge is -2.15. The van der Waals surface area contributed by atoms with E-state index in [0.29, 0.717) is 35.3 Å². The Morgan fingerprint density at radius 3 is 1.40 bits per heavy atom. The smallest absolute Gasteiger partial charge is 0.338 e. The van der Waals surface area contributed by atoms with Gasteiger partial charge in [0.15, 0.2) is 0 Å². The Balaban J connectivity index is 1.11. The first-order valence-electron chi connectivity index (χ1n) is 18.9. The van der Waals surface area contributed by atoms with Crippen LogP contribution in [-0.4, -0.2) is 18.6 Å². The highest BCUT2D eigenvalue weighted by molar-refractivity contribution is 6.02. The zero-order chi connectivity index (χ0) is 38.0. The first-order valence-corrected chi connectivity index (χ1v) is 18.9. The zero-order valence-corrected chi connectivity index (χ0v) is 31.3. The molecule has 0 saturated carbocycles. The second kappa shape index (κ2) is 17.5. The highest BCUT2D eigenvalue weighted by atomic mass is 16.5. The molecule has 0 aliphatic carbocycles. The number of carbonyl (C=O) groups excluding carboxylic acids is 1. The molecule has 0 fully saturated rings. The van der Waals surface area contributed by atoms with Crippen LogP contribution in [-0.2, 0) is 4.74 Å². The number of anilines is 1. The number of nitrogens with zero attached hydrogens (tertiary/aromatic N) is 6. The van der Waals surface area contributed by atoms with Gasteiger partial charge in [-0.25, -0.2) is 4.79 Å². The molecule has 0 bridgehead atoms.